The SMILES string of the molecule is CN1CCNC(Cc2nncn2C)C1. The Balaban J connectivity index is 1.94. The van der Waals surface area contributed by atoms with Gasteiger partial charge in [-0.05, 0) is 7.05 Å². The highest BCUT2D eigenvalue weighted by Gasteiger charge is 2.18. The van der Waals surface area contributed by atoms with Crippen LogP contribution in [0.3, 0.4) is 0 Å². The molecule has 1 aliphatic rings. The van der Waals surface area contributed by atoms with Gasteiger partial charge >= 0.3 is 0 Å². The lowest BCUT2D eigenvalue weighted by Crippen LogP contribution is -2.50. The highest BCUT2D eigenvalue weighted by Crippen LogP contribution is 2.03. The second kappa shape index (κ2) is 4.06. The highest BCUT2D eigenvalue weighted by atomic mass is 15.3. The molecule has 1 unspecified atom stereocenters. The maximum Gasteiger partial charge on any atom is 0.134 e. The summed E-state index contributed by atoms with van der Waals surface area (Å²) in [6.45, 7) is 3.29. The maximum atomic E-state index is 4.09. The molecule has 0 spiro atoms. The van der Waals surface area contributed by atoms with E-state index < -0.39 is 0 Å². The highest BCUT2D eigenvalue weighted by molar-refractivity contribution is 4.91. The molecule has 0 amide bonds. The van der Waals surface area contributed by atoms with Crippen molar-refractivity contribution in [1.29, 1.82) is 0 Å². The Morgan fingerprint density at radius 2 is 2.43 bits per heavy atom. The molecule has 78 valence electrons. The van der Waals surface area contributed by atoms with Crippen LogP contribution in [0.25, 0.3) is 0 Å². The second-order valence-electron chi connectivity index (χ2n) is 3.98. The van der Waals surface area contributed by atoms with Crippen LogP contribution in [-0.4, -0.2) is 52.4 Å². The molecule has 5 heteroatoms. The number of hydrogen-bond donors (Lipinski definition) is 1. The van der Waals surface area contributed by atoms with Gasteiger partial charge in [0.2, 0.25) is 0 Å². The summed E-state index contributed by atoms with van der Waals surface area (Å²) >= 11 is 0. The van der Waals surface area contributed by atoms with Gasteiger partial charge in [-0.25, -0.2) is 0 Å². The first-order valence-electron chi connectivity index (χ1n) is 5.00. The Labute approximate surface area is 84.1 Å². The molecule has 1 N–H and O–H groups in total. The summed E-state index contributed by atoms with van der Waals surface area (Å²) < 4.78 is 1.98. The molecule has 0 aromatic carbocycles. The summed E-state index contributed by atoms with van der Waals surface area (Å²) in [5.74, 6) is 1.05. The van der Waals surface area contributed by atoms with E-state index in [1.807, 2.05) is 11.6 Å². The number of piperazine rings is 1. The molecule has 2 heterocycles. The predicted molar refractivity (Wildman–Crippen MR) is 54.0 cm³/mol. The van der Waals surface area contributed by atoms with Crippen LogP contribution in [0.5, 0.6) is 0 Å². The van der Waals surface area contributed by atoms with Crippen LogP contribution in [0.15, 0.2) is 6.33 Å². The Morgan fingerprint density at radius 1 is 1.57 bits per heavy atom. The summed E-state index contributed by atoms with van der Waals surface area (Å²) in [5.41, 5.74) is 0. The number of hydrogen-bond acceptors (Lipinski definition) is 4. The van der Waals surface area contributed by atoms with Gasteiger partial charge in [0.25, 0.3) is 0 Å². The third-order valence-electron chi connectivity index (χ3n) is 2.69. The lowest BCUT2D eigenvalue weighted by atomic mass is 10.1. The summed E-state index contributed by atoms with van der Waals surface area (Å²) in [6, 6.07) is 0.511. The number of aromatic nitrogens is 3. The van der Waals surface area contributed by atoms with Crippen molar-refractivity contribution in [3.8, 4) is 0 Å². The predicted octanol–water partition coefficient (Wildman–Crippen LogP) is -0.739. The van der Waals surface area contributed by atoms with Crippen LogP contribution in [0.1, 0.15) is 5.82 Å². The molecule has 0 radical (unpaired) electrons. The first-order chi connectivity index (χ1) is 6.75. The van der Waals surface area contributed by atoms with E-state index in [2.05, 4.69) is 27.5 Å². The van der Waals surface area contributed by atoms with Crippen LogP contribution in [0.2, 0.25) is 0 Å². The van der Waals surface area contributed by atoms with Gasteiger partial charge in [0.05, 0.1) is 0 Å². The number of likely N-dealkylation sites (N-methyl/N-ethyl adjacent to an activating group) is 1. The fourth-order valence-electron chi connectivity index (χ4n) is 1.84. The van der Waals surface area contributed by atoms with Gasteiger partial charge in [-0.3, -0.25) is 0 Å². The maximum absolute atomic E-state index is 4.09. The van der Waals surface area contributed by atoms with E-state index in [1.165, 1.54) is 0 Å². The normalized spacial score (nSPS) is 24.0. The fourth-order valence-corrected chi connectivity index (χ4v) is 1.84. The van der Waals surface area contributed by atoms with Gasteiger partial charge < -0.3 is 14.8 Å². The van der Waals surface area contributed by atoms with Crippen molar-refractivity contribution in [2.75, 3.05) is 26.7 Å². The van der Waals surface area contributed by atoms with Gasteiger partial charge in [0, 0.05) is 39.1 Å². The van der Waals surface area contributed by atoms with Gasteiger partial charge in [-0.1, -0.05) is 0 Å². The van der Waals surface area contributed by atoms with Crippen LogP contribution in [0, 0.1) is 0 Å². The minimum absolute atomic E-state index is 0.511. The van der Waals surface area contributed by atoms with E-state index in [9.17, 15) is 0 Å². The van der Waals surface area contributed by atoms with Crippen molar-refractivity contribution < 1.29 is 0 Å². The van der Waals surface area contributed by atoms with E-state index in [1.54, 1.807) is 6.33 Å². The average molecular weight is 195 g/mol. The minimum atomic E-state index is 0.511. The van der Waals surface area contributed by atoms with Crippen molar-refractivity contribution in [3.63, 3.8) is 0 Å². The Kier molecular flexibility index (Phi) is 2.79. The Morgan fingerprint density at radius 3 is 3.07 bits per heavy atom. The molecule has 1 atom stereocenters. The smallest absolute Gasteiger partial charge is 0.134 e. The van der Waals surface area contributed by atoms with Crippen molar-refractivity contribution in [3.05, 3.63) is 12.2 Å². The van der Waals surface area contributed by atoms with Gasteiger partial charge in [-0.2, -0.15) is 0 Å². The molecule has 0 aliphatic carbocycles. The molecule has 1 saturated heterocycles. The largest absolute Gasteiger partial charge is 0.321 e. The van der Waals surface area contributed by atoms with E-state index in [-0.39, 0.29) is 0 Å². The summed E-state index contributed by atoms with van der Waals surface area (Å²) in [5, 5.41) is 11.5. The quantitative estimate of drug-likeness (QED) is 0.675. The van der Waals surface area contributed by atoms with Gasteiger partial charge in [0.15, 0.2) is 0 Å². The summed E-state index contributed by atoms with van der Waals surface area (Å²) in [6.07, 6.45) is 2.71. The van der Waals surface area contributed by atoms with E-state index in [4.69, 9.17) is 0 Å². The van der Waals surface area contributed by atoms with E-state index in [0.29, 0.717) is 6.04 Å². The molecule has 14 heavy (non-hydrogen) atoms. The lowest BCUT2D eigenvalue weighted by molar-refractivity contribution is 0.236. The third-order valence-corrected chi connectivity index (χ3v) is 2.69. The van der Waals surface area contributed by atoms with Crippen molar-refractivity contribution in [2.24, 2.45) is 7.05 Å². The zero-order chi connectivity index (χ0) is 9.97. The Hall–Kier alpha value is -0.940. The number of nitrogens with zero attached hydrogens (tertiary/aromatic N) is 4. The van der Waals surface area contributed by atoms with E-state index >= 15 is 0 Å². The molecule has 0 saturated carbocycles. The Bertz CT molecular complexity index is 295. The molecular weight excluding hydrogens is 178 g/mol. The molecular formula is C9H17N5. The van der Waals surface area contributed by atoms with Crippen molar-refractivity contribution in [1.82, 2.24) is 25.0 Å². The molecule has 0 bridgehead atoms. The van der Waals surface area contributed by atoms with Gasteiger partial charge in [0.1, 0.15) is 12.2 Å². The monoisotopic (exact) mass is 195 g/mol. The fraction of sp³-hybridized carbons (Fsp3) is 0.778. The van der Waals surface area contributed by atoms with Crippen LogP contribution in [-0.2, 0) is 13.5 Å². The third kappa shape index (κ3) is 2.10. The average Bonchev–Trinajstić information content (AvgIpc) is 2.52. The number of rotatable bonds is 2. The number of aryl methyl sites for hydroxylation is 1. The standard InChI is InChI=1S/C9H17N5/c1-13-4-3-10-8(6-13)5-9-12-11-7-14(9)2/h7-8,10H,3-6H2,1-2H3. The first kappa shape index (κ1) is 9.61. The van der Waals surface area contributed by atoms with Crippen molar-refractivity contribution >= 4 is 0 Å². The molecule has 5 nitrogen and oxygen atoms in total. The zero-order valence-corrected chi connectivity index (χ0v) is 8.77. The van der Waals surface area contributed by atoms with Gasteiger partial charge in [-0.15, -0.1) is 10.2 Å². The van der Waals surface area contributed by atoms with Crippen LogP contribution >= 0.6 is 0 Å². The molecule has 1 aromatic heterocycles. The molecule has 1 aromatic rings. The molecule has 1 aliphatic heterocycles. The summed E-state index contributed by atoms with van der Waals surface area (Å²) in [7, 11) is 4.15. The second-order valence-corrected chi connectivity index (χ2v) is 3.98. The number of nitrogens with one attached hydrogen (secondary N) is 1. The minimum Gasteiger partial charge on any atom is -0.321 e. The first-order valence-corrected chi connectivity index (χ1v) is 5.00. The van der Waals surface area contributed by atoms with E-state index in [0.717, 1.165) is 31.9 Å². The lowest BCUT2D eigenvalue weighted by Gasteiger charge is -2.30. The summed E-state index contributed by atoms with van der Waals surface area (Å²) in [4.78, 5) is 2.34. The van der Waals surface area contributed by atoms with Crippen LogP contribution < -0.4 is 5.32 Å². The van der Waals surface area contributed by atoms with Crippen molar-refractivity contribution in [2.45, 2.75) is 12.5 Å². The molecule has 2 rings (SSSR count). The van der Waals surface area contributed by atoms with Crippen LogP contribution in [0.4, 0.5) is 0 Å². The topological polar surface area (TPSA) is 46.0 Å². The molecule has 1 fully saturated rings. The zero-order valence-electron chi connectivity index (χ0n) is 8.77.